The van der Waals surface area contributed by atoms with Crippen LogP contribution in [0.25, 0.3) is 22.1 Å². The van der Waals surface area contributed by atoms with E-state index in [0.717, 1.165) is 18.7 Å². The molecule has 1 aromatic heterocycles. The number of nitrogens with zero attached hydrogens (tertiary/aromatic N) is 1. The van der Waals surface area contributed by atoms with Gasteiger partial charge in [0, 0.05) is 35.2 Å². The molecule has 9 heteroatoms. The van der Waals surface area contributed by atoms with Crippen LogP contribution in [-0.4, -0.2) is 58.4 Å². The number of hydrogen-bond acceptors (Lipinski definition) is 8. The Morgan fingerprint density at radius 1 is 1.00 bits per heavy atom. The maximum absolute atomic E-state index is 13.3. The molecule has 9 nitrogen and oxygen atoms in total. The van der Waals surface area contributed by atoms with Crippen molar-refractivity contribution in [3.8, 4) is 34.1 Å². The number of amides is 1. The van der Waals surface area contributed by atoms with E-state index in [4.69, 9.17) is 23.4 Å². The Hall–Kier alpha value is -4.76. The van der Waals surface area contributed by atoms with Gasteiger partial charge in [-0.25, -0.2) is 4.79 Å². The van der Waals surface area contributed by atoms with Crippen LogP contribution in [0.4, 0.5) is 5.69 Å². The maximum atomic E-state index is 13.3. The van der Waals surface area contributed by atoms with Crippen molar-refractivity contribution in [2.24, 2.45) is 0 Å². The van der Waals surface area contributed by atoms with E-state index in [1.54, 1.807) is 51.7 Å². The predicted octanol–water partition coefficient (Wildman–Crippen LogP) is 5.30. The van der Waals surface area contributed by atoms with E-state index < -0.39 is 11.5 Å². The molecule has 3 aromatic carbocycles. The first-order valence-corrected chi connectivity index (χ1v) is 13.1. The quantitative estimate of drug-likeness (QED) is 0.231. The minimum atomic E-state index is -0.677. The number of rotatable bonds is 8. The Morgan fingerprint density at radius 3 is 2.54 bits per heavy atom. The van der Waals surface area contributed by atoms with E-state index in [9.17, 15) is 9.59 Å². The number of carbonyl (C=O) groups excluding carboxylic acids is 1. The minimum absolute atomic E-state index is 0.00760. The second-order valence-electron chi connectivity index (χ2n) is 9.81. The van der Waals surface area contributed by atoms with Gasteiger partial charge in [-0.1, -0.05) is 18.2 Å². The van der Waals surface area contributed by atoms with E-state index in [0.29, 0.717) is 50.7 Å². The molecule has 5 rings (SSSR count). The molecule has 1 N–H and O–H groups in total. The smallest absolute Gasteiger partial charge is 0.360 e. The molecule has 2 heterocycles. The molecule has 1 unspecified atom stereocenters. The van der Waals surface area contributed by atoms with Crippen LogP contribution in [0, 0.1) is 6.92 Å². The third kappa shape index (κ3) is 5.76. The minimum Gasteiger partial charge on any atom is -0.497 e. The molecular weight excluding hydrogens is 524 g/mol. The van der Waals surface area contributed by atoms with Gasteiger partial charge in [-0.3, -0.25) is 9.69 Å². The molecule has 0 saturated heterocycles. The van der Waals surface area contributed by atoms with Crippen molar-refractivity contribution >= 4 is 22.6 Å². The number of fused-ring (bicyclic) bond motifs is 1. The van der Waals surface area contributed by atoms with Gasteiger partial charge in [0.1, 0.15) is 28.9 Å². The summed E-state index contributed by atoms with van der Waals surface area (Å²) in [5, 5.41) is 3.29. The fourth-order valence-corrected chi connectivity index (χ4v) is 4.89. The van der Waals surface area contributed by atoms with Crippen LogP contribution in [-0.2, 0) is 0 Å². The molecule has 1 aliphatic rings. The van der Waals surface area contributed by atoms with Gasteiger partial charge in [0.05, 0.1) is 21.3 Å². The molecule has 0 spiro atoms. The van der Waals surface area contributed by atoms with Crippen molar-refractivity contribution in [3.63, 3.8) is 0 Å². The third-order valence-corrected chi connectivity index (χ3v) is 7.01. The summed E-state index contributed by atoms with van der Waals surface area (Å²) in [6.07, 6.45) is 3.89. The summed E-state index contributed by atoms with van der Waals surface area (Å²) in [5.74, 6) is 1.81. The van der Waals surface area contributed by atoms with Crippen LogP contribution in [0.3, 0.4) is 0 Å². The summed E-state index contributed by atoms with van der Waals surface area (Å²) in [6.45, 7) is 3.39. The van der Waals surface area contributed by atoms with Crippen molar-refractivity contribution < 1.29 is 28.2 Å². The Morgan fingerprint density at radius 2 is 1.80 bits per heavy atom. The van der Waals surface area contributed by atoms with Crippen molar-refractivity contribution in [3.05, 3.63) is 88.3 Å². The van der Waals surface area contributed by atoms with Crippen molar-refractivity contribution in [1.82, 2.24) is 4.90 Å². The zero-order chi connectivity index (χ0) is 29.1. The number of likely N-dealkylation sites (N-methyl/N-ethyl adjacent to an activating group) is 1. The van der Waals surface area contributed by atoms with E-state index in [1.807, 2.05) is 44.3 Å². The second-order valence-corrected chi connectivity index (χ2v) is 9.81. The number of aryl methyl sites for hydroxylation is 1. The lowest BCUT2D eigenvalue weighted by Crippen LogP contribution is -2.35. The van der Waals surface area contributed by atoms with Gasteiger partial charge >= 0.3 is 5.63 Å². The van der Waals surface area contributed by atoms with E-state index in [1.165, 1.54) is 0 Å². The first kappa shape index (κ1) is 27.8. The molecule has 1 aliphatic heterocycles. The van der Waals surface area contributed by atoms with E-state index in [-0.39, 0.29) is 11.8 Å². The van der Waals surface area contributed by atoms with Gasteiger partial charge in [-0.15, -0.1) is 0 Å². The lowest BCUT2D eigenvalue weighted by atomic mass is 10.0. The average Bonchev–Trinajstić information content (AvgIpc) is 2.99. The number of hydrogen-bond donors (Lipinski definition) is 1. The largest absolute Gasteiger partial charge is 0.497 e. The molecular formula is C32H32N2O7. The number of nitrogens with one attached hydrogen (secondary N) is 1. The number of benzene rings is 3. The fourth-order valence-electron chi connectivity index (χ4n) is 4.89. The SMILES string of the molecule is COc1cccc(-c2cc(C(=O)Nc3cc4cc(OC)c(OC5C=CCN(C)C5)c(C)c4oc3=O)ccc2OC)c1. The molecule has 1 atom stereocenters. The van der Waals surface area contributed by atoms with Gasteiger partial charge in [0.25, 0.3) is 5.91 Å². The molecule has 0 aliphatic carbocycles. The third-order valence-electron chi connectivity index (χ3n) is 7.01. The van der Waals surface area contributed by atoms with Gasteiger partial charge in [-0.05, 0) is 68.1 Å². The highest BCUT2D eigenvalue weighted by molar-refractivity contribution is 6.06. The first-order valence-electron chi connectivity index (χ1n) is 13.1. The molecule has 0 fully saturated rings. The summed E-state index contributed by atoms with van der Waals surface area (Å²) in [6, 6.07) is 15.8. The summed E-state index contributed by atoms with van der Waals surface area (Å²) >= 11 is 0. The zero-order valence-electron chi connectivity index (χ0n) is 23.6. The Bertz CT molecular complexity index is 1690. The number of anilines is 1. The Kier molecular flexibility index (Phi) is 7.98. The van der Waals surface area contributed by atoms with Crippen molar-refractivity contribution in [2.75, 3.05) is 46.8 Å². The van der Waals surface area contributed by atoms with Crippen LogP contribution < -0.4 is 29.9 Å². The lowest BCUT2D eigenvalue weighted by molar-refractivity contribution is 0.102. The molecule has 4 aromatic rings. The number of methoxy groups -OCH3 is 3. The number of ether oxygens (including phenoxy) is 4. The topological polar surface area (TPSA) is 99.5 Å². The second kappa shape index (κ2) is 11.8. The van der Waals surface area contributed by atoms with Crippen LogP contribution in [0.2, 0.25) is 0 Å². The highest BCUT2D eigenvalue weighted by atomic mass is 16.5. The van der Waals surface area contributed by atoms with E-state index >= 15 is 0 Å². The van der Waals surface area contributed by atoms with Gasteiger partial charge < -0.3 is 28.7 Å². The van der Waals surface area contributed by atoms with Gasteiger partial charge in [-0.2, -0.15) is 0 Å². The van der Waals surface area contributed by atoms with Gasteiger partial charge in [0.2, 0.25) is 0 Å². The molecule has 0 saturated carbocycles. The van der Waals surface area contributed by atoms with Crippen LogP contribution >= 0.6 is 0 Å². The highest BCUT2D eigenvalue weighted by Gasteiger charge is 2.22. The number of carbonyl (C=O) groups is 1. The van der Waals surface area contributed by atoms with Crippen molar-refractivity contribution in [2.45, 2.75) is 13.0 Å². The normalized spacial score (nSPS) is 15.0. The lowest BCUT2D eigenvalue weighted by Gasteiger charge is -2.27. The molecule has 1 amide bonds. The monoisotopic (exact) mass is 556 g/mol. The van der Waals surface area contributed by atoms with Crippen LogP contribution in [0.5, 0.6) is 23.0 Å². The first-order chi connectivity index (χ1) is 19.8. The zero-order valence-corrected chi connectivity index (χ0v) is 23.6. The summed E-state index contributed by atoms with van der Waals surface area (Å²) in [7, 11) is 6.73. The average molecular weight is 557 g/mol. The molecule has 212 valence electrons. The summed E-state index contributed by atoms with van der Waals surface area (Å²) in [5.41, 5.74) is 2.19. The molecule has 41 heavy (non-hydrogen) atoms. The highest BCUT2D eigenvalue weighted by Crippen LogP contribution is 2.38. The molecule has 0 radical (unpaired) electrons. The van der Waals surface area contributed by atoms with Crippen LogP contribution in [0.15, 0.2) is 76.0 Å². The maximum Gasteiger partial charge on any atom is 0.360 e. The van der Waals surface area contributed by atoms with E-state index in [2.05, 4.69) is 16.3 Å². The van der Waals surface area contributed by atoms with Crippen molar-refractivity contribution in [1.29, 1.82) is 0 Å². The summed E-state index contributed by atoms with van der Waals surface area (Å²) in [4.78, 5) is 28.4. The van der Waals surface area contributed by atoms with Crippen LogP contribution in [0.1, 0.15) is 15.9 Å². The fraction of sp³-hybridized carbons (Fsp3) is 0.250. The Labute approximate surface area is 237 Å². The standard InChI is InChI=1S/C32H32N2O7/c1-19-29-22(17-28(39-5)30(19)40-24-10-7-13-34(2)18-24)16-26(32(36)41-29)33-31(35)21-11-12-27(38-4)25(15-21)20-8-6-9-23(14-20)37-3/h6-12,14-17,24H,13,18H2,1-5H3,(H,33,35). The van der Waals surface area contributed by atoms with Gasteiger partial charge in [0.15, 0.2) is 11.5 Å². The predicted molar refractivity (Wildman–Crippen MR) is 158 cm³/mol. The summed E-state index contributed by atoms with van der Waals surface area (Å²) < 4.78 is 28.4. The molecule has 0 bridgehead atoms. The Balaban J connectivity index is 1.46.